The van der Waals surface area contributed by atoms with Crippen molar-refractivity contribution in [1.29, 1.82) is 0 Å². The first-order valence-electron chi connectivity index (χ1n) is 4.11. The highest BCUT2D eigenvalue weighted by Gasteiger charge is 1.94. The molecule has 0 aliphatic heterocycles. The number of hydrogen-bond acceptors (Lipinski definition) is 3. The van der Waals surface area contributed by atoms with Crippen molar-refractivity contribution >= 4 is 5.69 Å². The van der Waals surface area contributed by atoms with E-state index < -0.39 is 0 Å². The third-order valence-corrected chi connectivity index (χ3v) is 1.66. The van der Waals surface area contributed by atoms with Gasteiger partial charge in [0.2, 0.25) is 0 Å². The quantitative estimate of drug-likeness (QED) is 0.660. The highest BCUT2D eigenvalue weighted by atomic mass is 16.3. The van der Waals surface area contributed by atoms with E-state index in [1.807, 2.05) is 19.1 Å². The Morgan fingerprint density at radius 3 is 3.08 bits per heavy atom. The molecule has 0 aromatic carbocycles. The van der Waals surface area contributed by atoms with E-state index in [0.29, 0.717) is 0 Å². The van der Waals surface area contributed by atoms with Crippen LogP contribution in [-0.2, 0) is 0 Å². The lowest BCUT2D eigenvalue weighted by molar-refractivity contribution is 0.292. The number of aliphatic hydroxyl groups is 1. The second kappa shape index (κ2) is 4.72. The molecule has 3 heteroatoms. The zero-order chi connectivity index (χ0) is 8.81. The molecular weight excluding hydrogens is 152 g/mol. The van der Waals surface area contributed by atoms with Crippen LogP contribution in [0.15, 0.2) is 18.3 Å². The van der Waals surface area contributed by atoms with Crippen LogP contribution >= 0.6 is 0 Å². The standard InChI is InChI=1S/C9H14N2O/c1-8-9(4-2-5-10-8)11-6-3-7-12/h2,4-5,11-12H,3,6-7H2,1H3. The largest absolute Gasteiger partial charge is 0.396 e. The van der Waals surface area contributed by atoms with E-state index in [2.05, 4.69) is 10.3 Å². The third-order valence-electron chi connectivity index (χ3n) is 1.66. The van der Waals surface area contributed by atoms with Crippen LogP contribution < -0.4 is 5.32 Å². The molecule has 0 saturated carbocycles. The monoisotopic (exact) mass is 166 g/mol. The van der Waals surface area contributed by atoms with Crippen LogP contribution in [0.1, 0.15) is 12.1 Å². The molecule has 0 radical (unpaired) electrons. The molecule has 0 aliphatic carbocycles. The van der Waals surface area contributed by atoms with Gasteiger partial charge in [-0.15, -0.1) is 0 Å². The molecular formula is C9H14N2O. The smallest absolute Gasteiger partial charge is 0.0603 e. The van der Waals surface area contributed by atoms with Gasteiger partial charge in [-0.1, -0.05) is 0 Å². The number of rotatable bonds is 4. The topological polar surface area (TPSA) is 45.2 Å². The normalized spacial score (nSPS) is 9.83. The van der Waals surface area contributed by atoms with Crippen LogP contribution in [0.4, 0.5) is 5.69 Å². The first-order valence-corrected chi connectivity index (χ1v) is 4.11. The summed E-state index contributed by atoms with van der Waals surface area (Å²) in [5.41, 5.74) is 2.04. The Morgan fingerprint density at radius 1 is 1.58 bits per heavy atom. The van der Waals surface area contributed by atoms with E-state index in [1.165, 1.54) is 0 Å². The van der Waals surface area contributed by atoms with E-state index in [4.69, 9.17) is 5.11 Å². The van der Waals surface area contributed by atoms with Gasteiger partial charge < -0.3 is 10.4 Å². The van der Waals surface area contributed by atoms with E-state index in [-0.39, 0.29) is 6.61 Å². The van der Waals surface area contributed by atoms with Crippen molar-refractivity contribution < 1.29 is 5.11 Å². The summed E-state index contributed by atoms with van der Waals surface area (Å²) in [6.07, 6.45) is 2.54. The number of hydrogen-bond donors (Lipinski definition) is 2. The van der Waals surface area contributed by atoms with Gasteiger partial charge in [0.25, 0.3) is 0 Å². The molecule has 1 heterocycles. The number of pyridine rings is 1. The molecule has 0 atom stereocenters. The van der Waals surface area contributed by atoms with Crippen molar-refractivity contribution in [3.8, 4) is 0 Å². The van der Waals surface area contributed by atoms with Gasteiger partial charge in [0.15, 0.2) is 0 Å². The summed E-state index contributed by atoms with van der Waals surface area (Å²) in [6, 6.07) is 3.88. The number of anilines is 1. The Labute approximate surface area is 72.5 Å². The highest BCUT2D eigenvalue weighted by molar-refractivity contribution is 5.46. The second-order valence-corrected chi connectivity index (χ2v) is 2.64. The molecule has 0 spiro atoms. The molecule has 1 aromatic heterocycles. The maximum absolute atomic E-state index is 8.56. The van der Waals surface area contributed by atoms with Crippen LogP contribution in [-0.4, -0.2) is 23.2 Å². The Balaban J connectivity index is 2.46. The highest BCUT2D eigenvalue weighted by Crippen LogP contribution is 2.09. The molecule has 0 saturated heterocycles. The first-order chi connectivity index (χ1) is 5.84. The van der Waals surface area contributed by atoms with Crippen molar-refractivity contribution in [3.05, 3.63) is 24.0 Å². The van der Waals surface area contributed by atoms with Gasteiger partial charge >= 0.3 is 0 Å². The van der Waals surface area contributed by atoms with Crippen LogP contribution in [0, 0.1) is 6.92 Å². The lowest BCUT2D eigenvalue weighted by atomic mass is 10.3. The van der Waals surface area contributed by atoms with Gasteiger partial charge in [-0.05, 0) is 25.5 Å². The molecule has 1 rings (SSSR count). The molecule has 0 amide bonds. The molecule has 0 unspecified atom stereocenters. The van der Waals surface area contributed by atoms with Crippen LogP contribution in [0.3, 0.4) is 0 Å². The van der Waals surface area contributed by atoms with Gasteiger partial charge in [-0.3, -0.25) is 4.98 Å². The molecule has 12 heavy (non-hydrogen) atoms. The zero-order valence-electron chi connectivity index (χ0n) is 7.25. The summed E-state index contributed by atoms with van der Waals surface area (Å²) in [6.45, 7) is 2.98. The predicted octanol–water partition coefficient (Wildman–Crippen LogP) is 1.18. The summed E-state index contributed by atoms with van der Waals surface area (Å²) < 4.78 is 0. The van der Waals surface area contributed by atoms with E-state index in [9.17, 15) is 0 Å². The Morgan fingerprint density at radius 2 is 2.42 bits per heavy atom. The van der Waals surface area contributed by atoms with Crippen LogP contribution in [0.5, 0.6) is 0 Å². The molecule has 66 valence electrons. The Bertz CT molecular complexity index is 238. The maximum Gasteiger partial charge on any atom is 0.0603 e. The number of aryl methyl sites for hydroxylation is 1. The Kier molecular flexibility index (Phi) is 3.54. The summed E-state index contributed by atoms with van der Waals surface area (Å²) in [5.74, 6) is 0. The average molecular weight is 166 g/mol. The van der Waals surface area contributed by atoms with Crippen molar-refractivity contribution in [3.63, 3.8) is 0 Å². The first kappa shape index (κ1) is 9.00. The van der Waals surface area contributed by atoms with Gasteiger partial charge in [-0.25, -0.2) is 0 Å². The summed E-state index contributed by atoms with van der Waals surface area (Å²) in [5, 5.41) is 11.7. The fraction of sp³-hybridized carbons (Fsp3) is 0.444. The minimum atomic E-state index is 0.228. The fourth-order valence-corrected chi connectivity index (χ4v) is 0.973. The second-order valence-electron chi connectivity index (χ2n) is 2.64. The SMILES string of the molecule is Cc1ncccc1NCCCO. The number of nitrogens with one attached hydrogen (secondary N) is 1. The zero-order valence-corrected chi connectivity index (χ0v) is 7.25. The molecule has 0 fully saturated rings. The summed E-state index contributed by atoms with van der Waals surface area (Å²) >= 11 is 0. The van der Waals surface area contributed by atoms with Crippen LogP contribution in [0.25, 0.3) is 0 Å². The number of nitrogens with zero attached hydrogens (tertiary/aromatic N) is 1. The molecule has 2 N–H and O–H groups in total. The van der Waals surface area contributed by atoms with Gasteiger partial charge in [-0.2, -0.15) is 0 Å². The fourth-order valence-electron chi connectivity index (χ4n) is 0.973. The summed E-state index contributed by atoms with van der Waals surface area (Å²) in [4.78, 5) is 4.13. The van der Waals surface area contributed by atoms with E-state index >= 15 is 0 Å². The molecule has 0 bridgehead atoms. The van der Waals surface area contributed by atoms with Gasteiger partial charge in [0.1, 0.15) is 0 Å². The molecule has 3 nitrogen and oxygen atoms in total. The van der Waals surface area contributed by atoms with Crippen molar-refractivity contribution in [2.45, 2.75) is 13.3 Å². The average Bonchev–Trinajstić information content (AvgIpc) is 2.09. The van der Waals surface area contributed by atoms with Crippen molar-refractivity contribution in [1.82, 2.24) is 4.98 Å². The van der Waals surface area contributed by atoms with E-state index in [1.54, 1.807) is 6.20 Å². The molecule has 0 aliphatic rings. The Hall–Kier alpha value is -1.09. The van der Waals surface area contributed by atoms with Gasteiger partial charge in [0.05, 0.1) is 11.4 Å². The van der Waals surface area contributed by atoms with Gasteiger partial charge in [0, 0.05) is 19.3 Å². The predicted molar refractivity (Wildman–Crippen MR) is 49.2 cm³/mol. The summed E-state index contributed by atoms with van der Waals surface area (Å²) in [7, 11) is 0. The van der Waals surface area contributed by atoms with Crippen LogP contribution in [0.2, 0.25) is 0 Å². The maximum atomic E-state index is 8.56. The minimum absolute atomic E-state index is 0.228. The van der Waals surface area contributed by atoms with E-state index in [0.717, 1.165) is 24.3 Å². The van der Waals surface area contributed by atoms with Crippen molar-refractivity contribution in [2.24, 2.45) is 0 Å². The number of aromatic nitrogens is 1. The lowest BCUT2D eigenvalue weighted by Gasteiger charge is -2.06. The minimum Gasteiger partial charge on any atom is -0.396 e. The molecule has 1 aromatic rings. The lowest BCUT2D eigenvalue weighted by Crippen LogP contribution is -2.05. The van der Waals surface area contributed by atoms with Crippen molar-refractivity contribution in [2.75, 3.05) is 18.5 Å². The third kappa shape index (κ3) is 2.51. The number of aliphatic hydroxyl groups excluding tert-OH is 1.